The lowest BCUT2D eigenvalue weighted by Gasteiger charge is -2.03. The predicted molar refractivity (Wildman–Crippen MR) is 57.2 cm³/mol. The van der Waals surface area contributed by atoms with Crippen LogP contribution in [0.15, 0.2) is 36.4 Å². The molecule has 0 saturated carbocycles. The molecule has 0 spiro atoms. The minimum atomic E-state index is 0.475. The molecule has 0 fully saturated rings. The summed E-state index contributed by atoms with van der Waals surface area (Å²) >= 11 is 0. The fourth-order valence-electron chi connectivity index (χ4n) is 1.48. The standard InChI is InChI=1S/C12H11N3/c1-10-7-12(8-13)14-15(10)9-11-5-3-2-4-6-11/h2-7H,9H2,1H3. The van der Waals surface area contributed by atoms with Crippen LogP contribution in [-0.2, 0) is 6.54 Å². The van der Waals surface area contributed by atoms with Gasteiger partial charge in [0, 0.05) is 5.69 Å². The van der Waals surface area contributed by atoms with Gasteiger partial charge in [0.1, 0.15) is 6.07 Å². The molecular weight excluding hydrogens is 186 g/mol. The fraction of sp³-hybridized carbons (Fsp3) is 0.167. The number of nitriles is 1. The Hall–Kier alpha value is -2.08. The molecular formula is C12H11N3. The van der Waals surface area contributed by atoms with Crippen LogP contribution in [0.4, 0.5) is 0 Å². The van der Waals surface area contributed by atoms with E-state index in [1.54, 1.807) is 6.07 Å². The maximum atomic E-state index is 8.72. The summed E-state index contributed by atoms with van der Waals surface area (Å²) in [6.45, 7) is 2.67. The average molecular weight is 197 g/mol. The number of hydrogen-bond acceptors (Lipinski definition) is 2. The Morgan fingerprint density at radius 3 is 2.67 bits per heavy atom. The zero-order chi connectivity index (χ0) is 10.7. The van der Waals surface area contributed by atoms with Crippen LogP contribution in [0.1, 0.15) is 17.0 Å². The zero-order valence-electron chi connectivity index (χ0n) is 8.51. The highest BCUT2D eigenvalue weighted by molar-refractivity contribution is 5.23. The molecule has 0 bridgehead atoms. The first-order valence-electron chi connectivity index (χ1n) is 4.78. The summed E-state index contributed by atoms with van der Waals surface area (Å²) in [7, 11) is 0. The van der Waals surface area contributed by atoms with E-state index >= 15 is 0 Å². The van der Waals surface area contributed by atoms with Crippen LogP contribution in [0.3, 0.4) is 0 Å². The van der Waals surface area contributed by atoms with Gasteiger partial charge in [-0.25, -0.2) is 0 Å². The number of hydrogen-bond donors (Lipinski definition) is 0. The Bertz CT molecular complexity index is 491. The van der Waals surface area contributed by atoms with E-state index in [0.29, 0.717) is 12.2 Å². The molecule has 0 aliphatic rings. The molecule has 3 nitrogen and oxygen atoms in total. The Labute approximate surface area is 88.6 Å². The third-order valence-electron chi connectivity index (χ3n) is 2.27. The number of benzene rings is 1. The average Bonchev–Trinajstić information content (AvgIpc) is 2.61. The monoisotopic (exact) mass is 197 g/mol. The summed E-state index contributed by atoms with van der Waals surface area (Å²) in [5, 5.41) is 12.9. The Morgan fingerprint density at radius 1 is 1.33 bits per heavy atom. The molecule has 0 radical (unpaired) electrons. The van der Waals surface area contributed by atoms with E-state index in [4.69, 9.17) is 5.26 Å². The van der Waals surface area contributed by atoms with Gasteiger partial charge in [-0.05, 0) is 18.6 Å². The predicted octanol–water partition coefficient (Wildman–Crippen LogP) is 2.11. The summed E-state index contributed by atoms with van der Waals surface area (Å²) in [6.07, 6.45) is 0. The van der Waals surface area contributed by atoms with Crippen molar-refractivity contribution >= 4 is 0 Å². The highest BCUT2D eigenvalue weighted by Gasteiger charge is 2.03. The minimum Gasteiger partial charge on any atom is -0.264 e. The van der Waals surface area contributed by atoms with Gasteiger partial charge >= 0.3 is 0 Å². The molecule has 1 heterocycles. The second-order valence-corrected chi connectivity index (χ2v) is 3.43. The second kappa shape index (κ2) is 3.97. The topological polar surface area (TPSA) is 41.6 Å². The third-order valence-corrected chi connectivity index (χ3v) is 2.27. The van der Waals surface area contributed by atoms with E-state index in [1.807, 2.05) is 48.0 Å². The van der Waals surface area contributed by atoms with E-state index in [1.165, 1.54) is 5.56 Å². The number of aromatic nitrogens is 2. The van der Waals surface area contributed by atoms with Crippen molar-refractivity contribution in [2.75, 3.05) is 0 Å². The van der Waals surface area contributed by atoms with Gasteiger partial charge < -0.3 is 0 Å². The van der Waals surface area contributed by atoms with Crippen LogP contribution in [-0.4, -0.2) is 9.78 Å². The van der Waals surface area contributed by atoms with Gasteiger partial charge in [-0.2, -0.15) is 10.4 Å². The van der Waals surface area contributed by atoms with Gasteiger partial charge in [0.05, 0.1) is 6.54 Å². The van der Waals surface area contributed by atoms with Gasteiger partial charge in [0.25, 0.3) is 0 Å². The zero-order valence-corrected chi connectivity index (χ0v) is 8.51. The molecule has 0 N–H and O–H groups in total. The van der Waals surface area contributed by atoms with Gasteiger partial charge in [0.15, 0.2) is 5.69 Å². The lowest BCUT2D eigenvalue weighted by Crippen LogP contribution is -2.03. The summed E-state index contributed by atoms with van der Waals surface area (Å²) in [4.78, 5) is 0. The van der Waals surface area contributed by atoms with E-state index in [-0.39, 0.29) is 0 Å². The summed E-state index contributed by atoms with van der Waals surface area (Å²) in [6, 6.07) is 13.9. The fourth-order valence-corrected chi connectivity index (χ4v) is 1.48. The van der Waals surface area contributed by atoms with E-state index in [0.717, 1.165) is 5.69 Å². The summed E-state index contributed by atoms with van der Waals surface area (Å²) < 4.78 is 1.84. The Kier molecular flexibility index (Phi) is 2.51. The SMILES string of the molecule is Cc1cc(C#N)nn1Cc1ccccc1. The molecule has 74 valence electrons. The molecule has 0 unspecified atom stereocenters. The van der Waals surface area contributed by atoms with Crippen LogP contribution in [0.25, 0.3) is 0 Å². The first-order valence-corrected chi connectivity index (χ1v) is 4.78. The van der Waals surface area contributed by atoms with Crippen molar-refractivity contribution < 1.29 is 0 Å². The van der Waals surface area contributed by atoms with E-state index in [9.17, 15) is 0 Å². The molecule has 0 aliphatic carbocycles. The summed E-state index contributed by atoms with van der Waals surface area (Å²) in [5.74, 6) is 0. The van der Waals surface area contributed by atoms with Crippen molar-refractivity contribution in [3.63, 3.8) is 0 Å². The highest BCUT2D eigenvalue weighted by atomic mass is 15.3. The molecule has 3 heteroatoms. The van der Waals surface area contributed by atoms with Crippen molar-refractivity contribution in [2.45, 2.75) is 13.5 Å². The van der Waals surface area contributed by atoms with E-state index < -0.39 is 0 Å². The van der Waals surface area contributed by atoms with Crippen molar-refractivity contribution in [1.29, 1.82) is 5.26 Å². The Balaban J connectivity index is 2.25. The number of aryl methyl sites for hydroxylation is 1. The van der Waals surface area contributed by atoms with E-state index in [2.05, 4.69) is 5.10 Å². The minimum absolute atomic E-state index is 0.475. The third kappa shape index (κ3) is 2.05. The van der Waals surface area contributed by atoms with Crippen LogP contribution >= 0.6 is 0 Å². The lowest BCUT2D eigenvalue weighted by atomic mass is 10.2. The quantitative estimate of drug-likeness (QED) is 0.739. The van der Waals surface area contributed by atoms with Crippen molar-refractivity contribution in [3.8, 4) is 6.07 Å². The molecule has 15 heavy (non-hydrogen) atoms. The summed E-state index contributed by atoms with van der Waals surface area (Å²) in [5.41, 5.74) is 2.67. The van der Waals surface area contributed by atoms with Crippen LogP contribution in [0.2, 0.25) is 0 Å². The van der Waals surface area contributed by atoms with Gasteiger partial charge in [0.2, 0.25) is 0 Å². The molecule has 0 atom stereocenters. The van der Waals surface area contributed by atoms with Gasteiger partial charge in [-0.3, -0.25) is 4.68 Å². The first kappa shape index (κ1) is 9.47. The normalized spacial score (nSPS) is 9.87. The molecule has 1 aromatic heterocycles. The number of nitrogens with zero attached hydrogens (tertiary/aromatic N) is 3. The van der Waals surface area contributed by atoms with Gasteiger partial charge in [-0.15, -0.1) is 0 Å². The van der Waals surface area contributed by atoms with Crippen LogP contribution < -0.4 is 0 Å². The van der Waals surface area contributed by atoms with Crippen molar-refractivity contribution in [3.05, 3.63) is 53.3 Å². The van der Waals surface area contributed by atoms with Crippen molar-refractivity contribution in [1.82, 2.24) is 9.78 Å². The van der Waals surface area contributed by atoms with Crippen LogP contribution in [0.5, 0.6) is 0 Å². The molecule has 2 aromatic rings. The molecule has 1 aromatic carbocycles. The second-order valence-electron chi connectivity index (χ2n) is 3.43. The van der Waals surface area contributed by atoms with Gasteiger partial charge in [-0.1, -0.05) is 30.3 Å². The molecule has 2 rings (SSSR count). The Morgan fingerprint density at radius 2 is 2.07 bits per heavy atom. The maximum absolute atomic E-state index is 8.72. The van der Waals surface area contributed by atoms with Crippen molar-refractivity contribution in [2.24, 2.45) is 0 Å². The maximum Gasteiger partial charge on any atom is 0.162 e. The van der Waals surface area contributed by atoms with Crippen LogP contribution in [0, 0.1) is 18.3 Å². The molecule has 0 aliphatic heterocycles. The highest BCUT2D eigenvalue weighted by Crippen LogP contribution is 2.06. The first-order chi connectivity index (χ1) is 7.29. The number of rotatable bonds is 2. The molecule has 0 amide bonds. The lowest BCUT2D eigenvalue weighted by molar-refractivity contribution is 0.662. The molecule has 0 saturated heterocycles. The largest absolute Gasteiger partial charge is 0.264 e. The smallest absolute Gasteiger partial charge is 0.162 e.